The molecule has 0 spiro atoms. The predicted octanol–water partition coefficient (Wildman–Crippen LogP) is 2.60. The van der Waals surface area contributed by atoms with Gasteiger partial charge in [0.2, 0.25) is 0 Å². The minimum absolute atomic E-state index is 0.238. The van der Waals surface area contributed by atoms with Gasteiger partial charge in [-0.25, -0.2) is 0 Å². The molecule has 23 heavy (non-hydrogen) atoms. The van der Waals surface area contributed by atoms with E-state index >= 15 is 0 Å². The number of hydrogen-bond donors (Lipinski definition) is 2. The SMILES string of the molecule is CCCNC(=O)c1nn(CC)cc1NC(=O)c1ccccc1C. The number of rotatable bonds is 6. The molecular weight excluding hydrogens is 292 g/mol. The highest BCUT2D eigenvalue weighted by atomic mass is 16.2. The summed E-state index contributed by atoms with van der Waals surface area (Å²) in [5, 5.41) is 9.82. The van der Waals surface area contributed by atoms with E-state index in [1.807, 2.05) is 39.0 Å². The predicted molar refractivity (Wildman–Crippen MR) is 89.7 cm³/mol. The van der Waals surface area contributed by atoms with Crippen LogP contribution in [0.25, 0.3) is 0 Å². The average molecular weight is 314 g/mol. The first-order chi connectivity index (χ1) is 11.1. The zero-order chi connectivity index (χ0) is 16.8. The first-order valence-corrected chi connectivity index (χ1v) is 7.79. The highest BCUT2D eigenvalue weighted by Crippen LogP contribution is 2.16. The van der Waals surface area contributed by atoms with E-state index in [-0.39, 0.29) is 17.5 Å². The molecule has 6 heteroatoms. The van der Waals surface area contributed by atoms with Gasteiger partial charge < -0.3 is 10.6 Å². The first-order valence-electron chi connectivity index (χ1n) is 7.79. The number of carbonyl (C=O) groups is 2. The zero-order valence-corrected chi connectivity index (χ0v) is 13.7. The summed E-state index contributed by atoms with van der Waals surface area (Å²) >= 11 is 0. The van der Waals surface area contributed by atoms with E-state index in [2.05, 4.69) is 15.7 Å². The Bertz CT molecular complexity index is 706. The molecule has 2 rings (SSSR count). The minimum atomic E-state index is -0.279. The van der Waals surface area contributed by atoms with Crippen molar-refractivity contribution in [1.29, 1.82) is 0 Å². The second-order valence-corrected chi connectivity index (χ2v) is 5.27. The number of amides is 2. The van der Waals surface area contributed by atoms with E-state index in [0.29, 0.717) is 24.3 Å². The molecule has 0 saturated carbocycles. The standard InChI is InChI=1S/C17H22N4O2/c1-4-10-18-17(23)15-14(11-21(5-2)20-15)19-16(22)13-9-7-6-8-12(13)3/h6-9,11H,4-5,10H2,1-3H3,(H,18,23)(H,19,22). The Labute approximate surface area is 135 Å². The molecule has 122 valence electrons. The van der Waals surface area contributed by atoms with Gasteiger partial charge in [-0.3, -0.25) is 14.3 Å². The summed E-state index contributed by atoms with van der Waals surface area (Å²) in [5.74, 6) is -0.526. The molecule has 1 aromatic heterocycles. The lowest BCUT2D eigenvalue weighted by Crippen LogP contribution is -2.26. The van der Waals surface area contributed by atoms with Crippen molar-refractivity contribution in [2.45, 2.75) is 33.7 Å². The molecule has 0 radical (unpaired) electrons. The fraction of sp³-hybridized carbons (Fsp3) is 0.353. The summed E-state index contributed by atoms with van der Waals surface area (Å²) < 4.78 is 1.63. The smallest absolute Gasteiger partial charge is 0.273 e. The van der Waals surface area contributed by atoms with E-state index in [1.165, 1.54) is 0 Å². The Hall–Kier alpha value is -2.63. The Balaban J connectivity index is 2.25. The van der Waals surface area contributed by atoms with E-state index in [0.717, 1.165) is 12.0 Å². The van der Waals surface area contributed by atoms with Gasteiger partial charge in [-0.05, 0) is 31.9 Å². The lowest BCUT2D eigenvalue weighted by molar-refractivity contribution is 0.0948. The topological polar surface area (TPSA) is 76.0 Å². The van der Waals surface area contributed by atoms with Crippen molar-refractivity contribution in [1.82, 2.24) is 15.1 Å². The molecule has 1 aromatic carbocycles. The van der Waals surface area contributed by atoms with Crippen molar-refractivity contribution >= 4 is 17.5 Å². The van der Waals surface area contributed by atoms with Crippen LogP contribution in [0.15, 0.2) is 30.5 Å². The maximum Gasteiger partial charge on any atom is 0.273 e. The summed E-state index contributed by atoms with van der Waals surface area (Å²) in [4.78, 5) is 24.6. The van der Waals surface area contributed by atoms with Gasteiger partial charge in [0.25, 0.3) is 11.8 Å². The van der Waals surface area contributed by atoms with Crippen molar-refractivity contribution in [2.24, 2.45) is 0 Å². The lowest BCUT2D eigenvalue weighted by Gasteiger charge is -2.07. The quantitative estimate of drug-likeness (QED) is 0.860. The van der Waals surface area contributed by atoms with Gasteiger partial charge in [0, 0.05) is 24.8 Å². The summed E-state index contributed by atoms with van der Waals surface area (Å²) in [7, 11) is 0. The van der Waals surface area contributed by atoms with Gasteiger partial charge in [-0.15, -0.1) is 0 Å². The van der Waals surface area contributed by atoms with E-state index in [9.17, 15) is 9.59 Å². The maximum absolute atomic E-state index is 12.4. The van der Waals surface area contributed by atoms with Gasteiger partial charge >= 0.3 is 0 Å². The number of nitrogens with one attached hydrogen (secondary N) is 2. The normalized spacial score (nSPS) is 10.4. The van der Waals surface area contributed by atoms with Crippen LogP contribution in [-0.4, -0.2) is 28.1 Å². The molecule has 0 atom stereocenters. The Morgan fingerprint density at radius 3 is 2.57 bits per heavy atom. The molecule has 0 aliphatic heterocycles. The number of aryl methyl sites for hydroxylation is 2. The second kappa shape index (κ2) is 7.58. The molecule has 2 N–H and O–H groups in total. The van der Waals surface area contributed by atoms with Gasteiger partial charge in [-0.2, -0.15) is 5.10 Å². The number of carbonyl (C=O) groups excluding carboxylic acids is 2. The van der Waals surface area contributed by atoms with Crippen LogP contribution in [0.5, 0.6) is 0 Å². The third-order valence-corrected chi connectivity index (χ3v) is 3.47. The van der Waals surface area contributed by atoms with Crippen molar-refractivity contribution in [3.63, 3.8) is 0 Å². The van der Waals surface area contributed by atoms with Crippen LogP contribution >= 0.6 is 0 Å². The highest BCUT2D eigenvalue weighted by molar-refractivity contribution is 6.08. The molecule has 0 aliphatic rings. The Morgan fingerprint density at radius 2 is 1.91 bits per heavy atom. The number of benzene rings is 1. The van der Waals surface area contributed by atoms with Crippen molar-refractivity contribution < 1.29 is 9.59 Å². The minimum Gasteiger partial charge on any atom is -0.351 e. The fourth-order valence-electron chi connectivity index (χ4n) is 2.18. The van der Waals surface area contributed by atoms with Gasteiger partial charge in [0.15, 0.2) is 5.69 Å². The second-order valence-electron chi connectivity index (χ2n) is 5.27. The summed E-state index contributed by atoms with van der Waals surface area (Å²) in [6.45, 7) is 6.97. The first kappa shape index (κ1) is 16.7. The van der Waals surface area contributed by atoms with E-state index in [1.54, 1.807) is 16.9 Å². The van der Waals surface area contributed by atoms with Gasteiger partial charge in [0.05, 0.1) is 5.69 Å². The molecule has 0 unspecified atom stereocenters. The van der Waals surface area contributed by atoms with Crippen molar-refractivity contribution in [2.75, 3.05) is 11.9 Å². The van der Waals surface area contributed by atoms with Crippen LogP contribution in [0.4, 0.5) is 5.69 Å². The number of nitrogens with zero attached hydrogens (tertiary/aromatic N) is 2. The Kier molecular flexibility index (Phi) is 5.51. The molecule has 2 aromatic rings. The monoisotopic (exact) mass is 314 g/mol. The van der Waals surface area contributed by atoms with Crippen LogP contribution < -0.4 is 10.6 Å². The van der Waals surface area contributed by atoms with Crippen LogP contribution in [-0.2, 0) is 6.54 Å². The lowest BCUT2D eigenvalue weighted by atomic mass is 10.1. The summed E-state index contributed by atoms with van der Waals surface area (Å²) in [5.41, 5.74) is 2.12. The Morgan fingerprint density at radius 1 is 1.17 bits per heavy atom. The van der Waals surface area contributed by atoms with Crippen LogP contribution in [0.1, 0.15) is 46.7 Å². The van der Waals surface area contributed by atoms with Crippen LogP contribution in [0, 0.1) is 6.92 Å². The van der Waals surface area contributed by atoms with Crippen molar-refractivity contribution in [3.8, 4) is 0 Å². The third-order valence-electron chi connectivity index (χ3n) is 3.47. The number of hydrogen-bond acceptors (Lipinski definition) is 3. The summed E-state index contributed by atoms with van der Waals surface area (Å²) in [6, 6.07) is 7.32. The third kappa shape index (κ3) is 3.97. The molecule has 6 nitrogen and oxygen atoms in total. The molecule has 0 fully saturated rings. The molecule has 1 heterocycles. The number of aromatic nitrogens is 2. The van der Waals surface area contributed by atoms with E-state index < -0.39 is 0 Å². The van der Waals surface area contributed by atoms with Gasteiger partial charge in [0.1, 0.15) is 0 Å². The number of anilines is 1. The maximum atomic E-state index is 12.4. The fourth-order valence-corrected chi connectivity index (χ4v) is 2.18. The molecular formula is C17H22N4O2. The largest absolute Gasteiger partial charge is 0.351 e. The van der Waals surface area contributed by atoms with E-state index in [4.69, 9.17) is 0 Å². The van der Waals surface area contributed by atoms with Crippen LogP contribution in [0.2, 0.25) is 0 Å². The molecule has 2 amide bonds. The molecule has 0 aliphatic carbocycles. The summed E-state index contributed by atoms with van der Waals surface area (Å²) in [6.07, 6.45) is 2.52. The average Bonchev–Trinajstić information content (AvgIpc) is 2.96. The zero-order valence-electron chi connectivity index (χ0n) is 13.7. The highest BCUT2D eigenvalue weighted by Gasteiger charge is 2.19. The van der Waals surface area contributed by atoms with Crippen LogP contribution in [0.3, 0.4) is 0 Å². The molecule has 0 saturated heterocycles. The van der Waals surface area contributed by atoms with Crippen molar-refractivity contribution in [3.05, 3.63) is 47.3 Å². The molecule has 0 bridgehead atoms. The van der Waals surface area contributed by atoms with Gasteiger partial charge in [-0.1, -0.05) is 25.1 Å².